The van der Waals surface area contributed by atoms with E-state index in [-0.39, 0.29) is 5.75 Å². The maximum Gasteiger partial charge on any atom is 0.182 e. The SMILES string of the molecule is Cn1cc(-c2ccc(-c3cc4ncn(C5CC6COCC(C5)N6)c4nn3)c(O)c2)cn1. The molecule has 2 atom stereocenters. The molecule has 2 aliphatic rings. The summed E-state index contributed by atoms with van der Waals surface area (Å²) in [6.07, 6.45) is 7.52. The van der Waals surface area contributed by atoms with Crippen LogP contribution >= 0.6 is 0 Å². The van der Waals surface area contributed by atoms with Crippen LogP contribution < -0.4 is 5.32 Å². The van der Waals surface area contributed by atoms with Gasteiger partial charge in [-0.2, -0.15) is 5.10 Å². The van der Waals surface area contributed by atoms with E-state index in [4.69, 9.17) is 4.74 Å². The highest BCUT2D eigenvalue weighted by Crippen LogP contribution is 2.34. The molecule has 9 heteroatoms. The van der Waals surface area contributed by atoms with Gasteiger partial charge in [0.25, 0.3) is 0 Å². The standard InChI is InChI=1S/C22H23N7O2/c1-28-9-14(8-24-28)13-2-3-18(21(30)4-13)19-7-20-22(27-26-19)29(12-23-20)17-5-15-10-31-11-16(6-17)25-15/h2-4,7-9,12,15-17,25,30H,5-6,10-11H2,1H3. The number of aromatic nitrogens is 6. The Bertz CT molecular complexity index is 1250. The maximum atomic E-state index is 10.6. The minimum absolute atomic E-state index is 0.153. The number of hydrogen-bond donors (Lipinski definition) is 2. The second-order valence-electron chi connectivity index (χ2n) is 8.45. The molecule has 2 unspecified atom stereocenters. The average molecular weight is 417 g/mol. The number of piperidine rings is 1. The van der Waals surface area contributed by atoms with E-state index in [1.54, 1.807) is 16.9 Å². The largest absolute Gasteiger partial charge is 0.507 e. The number of nitrogens with one attached hydrogen (secondary N) is 1. The summed E-state index contributed by atoms with van der Waals surface area (Å²) in [5, 5.41) is 27.4. The van der Waals surface area contributed by atoms with Gasteiger partial charge in [0.1, 0.15) is 11.3 Å². The first-order valence-electron chi connectivity index (χ1n) is 10.5. The zero-order valence-corrected chi connectivity index (χ0v) is 17.1. The summed E-state index contributed by atoms with van der Waals surface area (Å²) < 4.78 is 9.54. The Morgan fingerprint density at radius 2 is 1.94 bits per heavy atom. The van der Waals surface area contributed by atoms with Gasteiger partial charge in [-0.1, -0.05) is 6.07 Å². The molecule has 0 aliphatic carbocycles. The van der Waals surface area contributed by atoms with Gasteiger partial charge in [0, 0.05) is 42.5 Å². The van der Waals surface area contributed by atoms with Crippen LogP contribution in [0.4, 0.5) is 0 Å². The Kier molecular flexibility index (Phi) is 4.25. The summed E-state index contributed by atoms with van der Waals surface area (Å²) in [6, 6.07) is 8.51. The summed E-state index contributed by atoms with van der Waals surface area (Å²) >= 11 is 0. The fourth-order valence-electron chi connectivity index (χ4n) is 4.76. The molecule has 2 bridgehead atoms. The van der Waals surface area contributed by atoms with E-state index in [9.17, 15) is 5.11 Å². The van der Waals surface area contributed by atoms with Crippen LogP contribution in [0.25, 0.3) is 33.5 Å². The number of benzene rings is 1. The number of morpholine rings is 1. The van der Waals surface area contributed by atoms with Gasteiger partial charge in [-0.3, -0.25) is 4.68 Å². The van der Waals surface area contributed by atoms with Gasteiger partial charge in [-0.25, -0.2) is 4.98 Å². The molecule has 2 fully saturated rings. The molecule has 2 saturated heterocycles. The average Bonchev–Trinajstić information content (AvgIpc) is 3.39. The lowest BCUT2D eigenvalue weighted by molar-refractivity contribution is 0.0105. The second-order valence-corrected chi connectivity index (χ2v) is 8.45. The predicted octanol–water partition coefficient (Wildman–Crippen LogP) is 2.29. The molecule has 2 N–H and O–H groups in total. The first kappa shape index (κ1) is 18.5. The molecule has 3 aromatic heterocycles. The van der Waals surface area contributed by atoms with Crippen LogP contribution in [0.2, 0.25) is 0 Å². The normalized spacial score (nSPS) is 23.3. The first-order valence-corrected chi connectivity index (χ1v) is 10.5. The number of rotatable bonds is 3. The summed E-state index contributed by atoms with van der Waals surface area (Å²) in [5.41, 5.74) is 4.63. The van der Waals surface area contributed by atoms with Gasteiger partial charge in [0.15, 0.2) is 5.65 Å². The van der Waals surface area contributed by atoms with E-state index >= 15 is 0 Å². The van der Waals surface area contributed by atoms with Crippen LogP contribution in [0.1, 0.15) is 18.9 Å². The number of nitrogens with zero attached hydrogens (tertiary/aromatic N) is 6. The Morgan fingerprint density at radius 3 is 2.68 bits per heavy atom. The highest BCUT2D eigenvalue weighted by molar-refractivity contribution is 5.79. The van der Waals surface area contributed by atoms with Crippen molar-refractivity contribution in [1.29, 1.82) is 0 Å². The van der Waals surface area contributed by atoms with E-state index in [0.29, 0.717) is 29.4 Å². The smallest absolute Gasteiger partial charge is 0.182 e. The highest BCUT2D eigenvalue weighted by atomic mass is 16.5. The molecule has 0 saturated carbocycles. The summed E-state index contributed by atoms with van der Waals surface area (Å²) in [5.74, 6) is 0.153. The number of hydrogen-bond acceptors (Lipinski definition) is 7. The molecule has 5 heterocycles. The van der Waals surface area contributed by atoms with Crippen LogP contribution in [0.15, 0.2) is 43.0 Å². The van der Waals surface area contributed by atoms with Crippen molar-refractivity contribution in [3.63, 3.8) is 0 Å². The minimum atomic E-state index is 0.153. The molecule has 4 aromatic rings. The van der Waals surface area contributed by atoms with Crippen molar-refractivity contribution < 1.29 is 9.84 Å². The maximum absolute atomic E-state index is 10.6. The number of aromatic hydroxyl groups is 1. The molecule has 0 amide bonds. The van der Waals surface area contributed by atoms with Crippen molar-refractivity contribution in [2.75, 3.05) is 13.2 Å². The van der Waals surface area contributed by atoms with Crippen LogP contribution in [0, 0.1) is 0 Å². The molecule has 1 aromatic carbocycles. The van der Waals surface area contributed by atoms with Crippen molar-refractivity contribution in [3.8, 4) is 28.1 Å². The van der Waals surface area contributed by atoms with Gasteiger partial charge in [0.2, 0.25) is 0 Å². The van der Waals surface area contributed by atoms with E-state index < -0.39 is 0 Å². The number of ether oxygens (including phenoxy) is 1. The van der Waals surface area contributed by atoms with Gasteiger partial charge >= 0.3 is 0 Å². The van der Waals surface area contributed by atoms with E-state index in [0.717, 1.165) is 48.3 Å². The lowest BCUT2D eigenvalue weighted by atomic mass is 9.92. The Morgan fingerprint density at radius 1 is 1.10 bits per heavy atom. The Balaban J connectivity index is 1.31. The fraction of sp³-hybridized carbons (Fsp3) is 0.364. The topological polar surface area (TPSA) is 103 Å². The van der Waals surface area contributed by atoms with Gasteiger partial charge < -0.3 is 19.7 Å². The fourth-order valence-corrected chi connectivity index (χ4v) is 4.76. The summed E-state index contributed by atoms with van der Waals surface area (Å²) in [7, 11) is 1.87. The van der Waals surface area contributed by atoms with Crippen molar-refractivity contribution in [2.45, 2.75) is 31.0 Å². The number of phenolic OH excluding ortho intramolecular Hbond substituents is 1. The van der Waals surface area contributed by atoms with Gasteiger partial charge in [-0.15, -0.1) is 10.2 Å². The van der Waals surface area contributed by atoms with Gasteiger partial charge in [0.05, 0.1) is 31.4 Å². The van der Waals surface area contributed by atoms with Crippen molar-refractivity contribution in [2.24, 2.45) is 7.05 Å². The molecular formula is C22H23N7O2. The Hall–Kier alpha value is -3.30. The van der Waals surface area contributed by atoms with Crippen LogP contribution in [0.5, 0.6) is 5.75 Å². The molecule has 31 heavy (non-hydrogen) atoms. The molecule has 9 nitrogen and oxygen atoms in total. The minimum Gasteiger partial charge on any atom is -0.507 e. The number of imidazole rings is 1. The van der Waals surface area contributed by atoms with Gasteiger partial charge in [-0.05, 0) is 36.6 Å². The third-order valence-corrected chi connectivity index (χ3v) is 6.25. The molecule has 6 rings (SSSR count). The summed E-state index contributed by atoms with van der Waals surface area (Å²) in [4.78, 5) is 4.59. The van der Waals surface area contributed by atoms with Crippen molar-refractivity contribution in [3.05, 3.63) is 43.0 Å². The number of fused-ring (bicyclic) bond motifs is 3. The molecule has 0 spiro atoms. The first-order chi connectivity index (χ1) is 15.1. The monoisotopic (exact) mass is 417 g/mol. The third-order valence-electron chi connectivity index (χ3n) is 6.25. The molecular weight excluding hydrogens is 394 g/mol. The van der Waals surface area contributed by atoms with E-state index in [2.05, 4.69) is 30.2 Å². The zero-order valence-electron chi connectivity index (χ0n) is 17.1. The predicted molar refractivity (Wildman–Crippen MR) is 114 cm³/mol. The van der Waals surface area contributed by atoms with Crippen LogP contribution in [-0.2, 0) is 11.8 Å². The highest BCUT2D eigenvalue weighted by Gasteiger charge is 2.33. The summed E-state index contributed by atoms with van der Waals surface area (Å²) in [6.45, 7) is 1.51. The number of phenols is 1. The van der Waals surface area contributed by atoms with E-state index in [1.807, 2.05) is 37.8 Å². The van der Waals surface area contributed by atoms with Crippen LogP contribution in [-0.4, -0.2) is 59.9 Å². The quantitative estimate of drug-likeness (QED) is 0.527. The molecule has 2 aliphatic heterocycles. The molecule has 158 valence electrons. The number of aryl methyl sites for hydroxylation is 1. The second kappa shape index (κ2) is 7.14. The van der Waals surface area contributed by atoms with E-state index in [1.165, 1.54) is 0 Å². The third kappa shape index (κ3) is 3.26. The van der Waals surface area contributed by atoms with Crippen molar-refractivity contribution >= 4 is 11.2 Å². The Labute approximate surface area is 178 Å². The van der Waals surface area contributed by atoms with Crippen molar-refractivity contribution in [1.82, 2.24) is 34.8 Å². The molecule has 0 radical (unpaired) electrons. The lowest BCUT2D eigenvalue weighted by Crippen LogP contribution is -2.54. The lowest BCUT2D eigenvalue weighted by Gasteiger charge is -2.40. The van der Waals surface area contributed by atoms with Crippen LogP contribution in [0.3, 0.4) is 0 Å². The zero-order chi connectivity index (χ0) is 20.9.